The molecule has 0 spiro atoms. The maximum Gasteiger partial charge on any atom is 0.335 e. The number of rotatable bonds is 3. The lowest BCUT2D eigenvalue weighted by molar-refractivity contribution is 0.0697. The molecule has 0 radical (unpaired) electrons. The Morgan fingerprint density at radius 2 is 2.22 bits per heavy atom. The average molecular weight is 312 g/mol. The molecule has 3 nitrogen and oxygen atoms in total. The standard InChI is InChI=1S/C14H18BrNO2/c1-2-12-5-3-4-6-16(12)13-8-10(14(17)18)7-11(15)9-13/h7-9,12H,2-6H2,1H3,(H,17,18). The Morgan fingerprint density at radius 3 is 2.89 bits per heavy atom. The Kier molecular flexibility index (Phi) is 4.27. The molecule has 1 aliphatic heterocycles. The molecular weight excluding hydrogens is 294 g/mol. The van der Waals surface area contributed by atoms with E-state index in [2.05, 4.69) is 27.8 Å². The zero-order chi connectivity index (χ0) is 13.1. The van der Waals surface area contributed by atoms with Crippen LogP contribution < -0.4 is 4.90 Å². The van der Waals surface area contributed by atoms with Crippen LogP contribution in [-0.2, 0) is 0 Å². The first-order chi connectivity index (χ1) is 8.61. The number of nitrogens with zero attached hydrogens (tertiary/aromatic N) is 1. The minimum Gasteiger partial charge on any atom is -0.478 e. The summed E-state index contributed by atoms with van der Waals surface area (Å²) in [6, 6.07) is 5.98. The number of benzene rings is 1. The highest BCUT2D eigenvalue weighted by atomic mass is 79.9. The molecule has 1 aliphatic rings. The van der Waals surface area contributed by atoms with Crippen LogP contribution in [0, 0.1) is 0 Å². The van der Waals surface area contributed by atoms with Gasteiger partial charge in [0.1, 0.15) is 0 Å². The van der Waals surface area contributed by atoms with Gasteiger partial charge >= 0.3 is 5.97 Å². The van der Waals surface area contributed by atoms with Crippen molar-refractivity contribution in [3.05, 3.63) is 28.2 Å². The fourth-order valence-electron chi connectivity index (χ4n) is 2.63. The van der Waals surface area contributed by atoms with Gasteiger partial charge in [0.15, 0.2) is 0 Å². The minimum atomic E-state index is -0.873. The maximum atomic E-state index is 11.1. The molecule has 1 fully saturated rings. The van der Waals surface area contributed by atoms with Crippen LogP contribution in [0.15, 0.2) is 22.7 Å². The topological polar surface area (TPSA) is 40.5 Å². The lowest BCUT2D eigenvalue weighted by Gasteiger charge is -2.37. The third kappa shape index (κ3) is 2.86. The zero-order valence-electron chi connectivity index (χ0n) is 10.5. The summed E-state index contributed by atoms with van der Waals surface area (Å²) in [6.07, 6.45) is 4.76. The largest absolute Gasteiger partial charge is 0.478 e. The van der Waals surface area contributed by atoms with E-state index in [1.165, 1.54) is 19.3 Å². The normalized spacial score (nSPS) is 19.9. The summed E-state index contributed by atoms with van der Waals surface area (Å²) in [5, 5.41) is 9.12. The maximum absolute atomic E-state index is 11.1. The molecule has 1 unspecified atom stereocenters. The van der Waals surface area contributed by atoms with Gasteiger partial charge in [-0.3, -0.25) is 0 Å². The quantitative estimate of drug-likeness (QED) is 0.920. The van der Waals surface area contributed by atoms with Crippen molar-refractivity contribution in [3.63, 3.8) is 0 Å². The molecule has 1 aromatic rings. The lowest BCUT2D eigenvalue weighted by Crippen LogP contribution is -2.39. The second kappa shape index (κ2) is 5.74. The van der Waals surface area contributed by atoms with E-state index in [1.807, 2.05) is 6.07 Å². The molecule has 1 aromatic carbocycles. The van der Waals surface area contributed by atoms with E-state index in [0.717, 1.165) is 23.1 Å². The molecule has 0 aliphatic carbocycles. The summed E-state index contributed by atoms with van der Waals surface area (Å²) < 4.78 is 0.831. The van der Waals surface area contributed by atoms with Crippen LogP contribution in [0.3, 0.4) is 0 Å². The number of aromatic carboxylic acids is 1. The Morgan fingerprint density at radius 1 is 1.44 bits per heavy atom. The van der Waals surface area contributed by atoms with Crippen molar-refractivity contribution in [2.75, 3.05) is 11.4 Å². The zero-order valence-corrected chi connectivity index (χ0v) is 12.1. The van der Waals surface area contributed by atoms with Crippen LogP contribution in [0.25, 0.3) is 0 Å². The van der Waals surface area contributed by atoms with E-state index in [0.29, 0.717) is 11.6 Å². The van der Waals surface area contributed by atoms with E-state index in [-0.39, 0.29) is 0 Å². The van der Waals surface area contributed by atoms with Gasteiger partial charge in [-0.05, 0) is 43.9 Å². The van der Waals surface area contributed by atoms with Crippen LogP contribution in [0.4, 0.5) is 5.69 Å². The SMILES string of the molecule is CCC1CCCCN1c1cc(Br)cc(C(=O)O)c1. The van der Waals surface area contributed by atoms with Gasteiger partial charge in [-0.15, -0.1) is 0 Å². The minimum absolute atomic E-state index is 0.347. The number of piperidine rings is 1. The van der Waals surface area contributed by atoms with Crippen molar-refractivity contribution in [1.82, 2.24) is 0 Å². The second-order valence-corrected chi connectivity index (χ2v) is 5.67. The van der Waals surface area contributed by atoms with Crippen molar-refractivity contribution >= 4 is 27.6 Å². The van der Waals surface area contributed by atoms with E-state index in [9.17, 15) is 4.79 Å². The molecule has 1 atom stereocenters. The predicted octanol–water partition coefficient (Wildman–Crippen LogP) is 3.92. The van der Waals surface area contributed by atoms with Crippen LogP contribution >= 0.6 is 15.9 Å². The lowest BCUT2D eigenvalue weighted by atomic mass is 9.99. The van der Waals surface area contributed by atoms with Crippen molar-refractivity contribution in [2.45, 2.75) is 38.6 Å². The fourth-order valence-corrected chi connectivity index (χ4v) is 3.11. The summed E-state index contributed by atoms with van der Waals surface area (Å²) >= 11 is 3.40. The molecule has 0 amide bonds. The summed E-state index contributed by atoms with van der Waals surface area (Å²) in [5.41, 5.74) is 1.37. The van der Waals surface area contributed by atoms with Gasteiger partial charge in [0, 0.05) is 22.7 Å². The third-order valence-electron chi connectivity index (χ3n) is 3.56. The van der Waals surface area contributed by atoms with Gasteiger partial charge in [0.2, 0.25) is 0 Å². The third-order valence-corrected chi connectivity index (χ3v) is 4.02. The van der Waals surface area contributed by atoms with Crippen molar-refractivity contribution in [2.24, 2.45) is 0 Å². The Labute approximate surface area is 116 Å². The number of carbonyl (C=O) groups is 1. The fraction of sp³-hybridized carbons (Fsp3) is 0.500. The predicted molar refractivity (Wildman–Crippen MR) is 76.4 cm³/mol. The van der Waals surface area contributed by atoms with E-state index in [1.54, 1.807) is 12.1 Å². The molecule has 1 N–H and O–H groups in total. The molecule has 2 rings (SSSR count). The van der Waals surface area contributed by atoms with E-state index < -0.39 is 5.97 Å². The summed E-state index contributed by atoms with van der Waals surface area (Å²) in [5.74, 6) is -0.873. The van der Waals surface area contributed by atoms with E-state index in [4.69, 9.17) is 5.11 Å². The van der Waals surface area contributed by atoms with Gasteiger partial charge < -0.3 is 10.0 Å². The van der Waals surface area contributed by atoms with Crippen molar-refractivity contribution < 1.29 is 9.90 Å². The number of hydrogen-bond donors (Lipinski definition) is 1. The Balaban J connectivity index is 2.33. The first kappa shape index (κ1) is 13.4. The highest BCUT2D eigenvalue weighted by molar-refractivity contribution is 9.10. The van der Waals surface area contributed by atoms with Gasteiger partial charge in [-0.25, -0.2) is 4.79 Å². The number of hydrogen-bond acceptors (Lipinski definition) is 2. The first-order valence-electron chi connectivity index (χ1n) is 6.42. The molecule has 98 valence electrons. The van der Waals surface area contributed by atoms with Gasteiger partial charge in [-0.1, -0.05) is 22.9 Å². The Hall–Kier alpha value is -1.03. The molecule has 1 saturated heterocycles. The molecule has 0 aromatic heterocycles. The monoisotopic (exact) mass is 311 g/mol. The van der Waals surface area contributed by atoms with Crippen molar-refractivity contribution in [3.8, 4) is 0 Å². The smallest absolute Gasteiger partial charge is 0.335 e. The number of anilines is 1. The summed E-state index contributed by atoms with van der Waals surface area (Å²) in [7, 11) is 0. The van der Waals surface area contributed by atoms with Crippen LogP contribution in [0.5, 0.6) is 0 Å². The number of carboxylic acid groups (broad SMARTS) is 1. The molecule has 4 heteroatoms. The first-order valence-corrected chi connectivity index (χ1v) is 7.21. The molecular formula is C14H18BrNO2. The highest BCUT2D eigenvalue weighted by Gasteiger charge is 2.22. The molecule has 0 bridgehead atoms. The Bertz CT molecular complexity index is 447. The highest BCUT2D eigenvalue weighted by Crippen LogP contribution is 2.29. The van der Waals surface area contributed by atoms with Gasteiger partial charge in [-0.2, -0.15) is 0 Å². The second-order valence-electron chi connectivity index (χ2n) is 4.75. The number of carboxylic acids is 1. The summed E-state index contributed by atoms with van der Waals surface area (Å²) in [6.45, 7) is 3.22. The molecule has 1 heterocycles. The van der Waals surface area contributed by atoms with E-state index >= 15 is 0 Å². The van der Waals surface area contributed by atoms with Gasteiger partial charge in [0.25, 0.3) is 0 Å². The van der Waals surface area contributed by atoms with Gasteiger partial charge in [0.05, 0.1) is 5.56 Å². The van der Waals surface area contributed by atoms with Crippen LogP contribution in [-0.4, -0.2) is 23.7 Å². The average Bonchev–Trinajstić information content (AvgIpc) is 2.38. The molecule has 0 saturated carbocycles. The number of halogens is 1. The van der Waals surface area contributed by atoms with Crippen LogP contribution in [0.2, 0.25) is 0 Å². The summed E-state index contributed by atoms with van der Waals surface area (Å²) in [4.78, 5) is 13.4. The van der Waals surface area contributed by atoms with Crippen LogP contribution in [0.1, 0.15) is 43.0 Å². The van der Waals surface area contributed by atoms with Crippen molar-refractivity contribution in [1.29, 1.82) is 0 Å². The molecule has 18 heavy (non-hydrogen) atoms.